The molecule has 110 valence electrons. The number of anilines is 2. The lowest BCUT2D eigenvalue weighted by atomic mass is 10.1. The minimum absolute atomic E-state index is 0.306. The molecule has 1 aromatic rings. The zero-order valence-corrected chi connectivity index (χ0v) is 12.8. The molecule has 0 spiro atoms. The Morgan fingerprint density at radius 2 is 1.70 bits per heavy atom. The molecule has 1 aliphatic heterocycles. The van der Waals surface area contributed by atoms with Gasteiger partial charge in [-0.3, -0.25) is 0 Å². The Morgan fingerprint density at radius 3 is 2.40 bits per heavy atom. The zero-order valence-electron chi connectivity index (χ0n) is 12.1. The molecular formula is C14H22ClN5. The largest absolute Gasteiger partial charge is 0.341 e. The van der Waals surface area contributed by atoms with Gasteiger partial charge in [0.2, 0.25) is 17.2 Å². The molecule has 1 aromatic heterocycles. The summed E-state index contributed by atoms with van der Waals surface area (Å²) in [7, 11) is 2.07. The molecule has 1 aliphatic carbocycles. The summed E-state index contributed by atoms with van der Waals surface area (Å²) >= 11 is 6.10. The number of nitrogens with zero attached hydrogens (tertiary/aromatic N) is 5. The van der Waals surface area contributed by atoms with E-state index < -0.39 is 0 Å². The molecule has 1 saturated heterocycles. The third kappa shape index (κ3) is 2.97. The first kappa shape index (κ1) is 13.9. The quantitative estimate of drug-likeness (QED) is 0.858. The molecule has 0 unspecified atom stereocenters. The summed E-state index contributed by atoms with van der Waals surface area (Å²) in [5, 5.41) is 0.306. The summed E-state index contributed by atoms with van der Waals surface area (Å²) in [6.07, 6.45) is 8.75. The van der Waals surface area contributed by atoms with Crippen molar-refractivity contribution >= 4 is 23.5 Å². The molecule has 0 radical (unpaired) electrons. The maximum absolute atomic E-state index is 6.10. The number of hydrogen-bond acceptors (Lipinski definition) is 5. The van der Waals surface area contributed by atoms with Crippen molar-refractivity contribution in [3.8, 4) is 0 Å². The SMILES string of the molecule is CN(c1nc(Cl)nc(N2CCCCC2)n1)C1CCCC1. The van der Waals surface area contributed by atoms with Crippen LogP contribution in [0.2, 0.25) is 5.28 Å². The molecule has 0 bridgehead atoms. The molecule has 2 heterocycles. The maximum Gasteiger partial charge on any atom is 0.231 e. The third-order valence-electron chi connectivity index (χ3n) is 4.41. The standard InChI is InChI=1S/C14H22ClN5/c1-19(11-7-3-4-8-11)13-16-12(15)17-14(18-13)20-9-5-2-6-10-20/h11H,2-10H2,1H3. The number of hydrogen-bond donors (Lipinski definition) is 0. The molecule has 6 heteroatoms. The van der Waals surface area contributed by atoms with Crippen molar-refractivity contribution in [2.24, 2.45) is 0 Å². The summed E-state index contributed by atoms with van der Waals surface area (Å²) in [4.78, 5) is 17.7. The highest BCUT2D eigenvalue weighted by Crippen LogP contribution is 2.26. The summed E-state index contributed by atoms with van der Waals surface area (Å²) in [6.45, 7) is 2.04. The van der Waals surface area contributed by atoms with E-state index in [0.717, 1.165) is 25.0 Å². The van der Waals surface area contributed by atoms with Crippen molar-refractivity contribution in [1.29, 1.82) is 0 Å². The lowest BCUT2D eigenvalue weighted by molar-refractivity contribution is 0.565. The highest BCUT2D eigenvalue weighted by atomic mass is 35.5. The van der Waals surface area contributed by atoms with E-state index in [-0.39, 0.29) is 0 Å². The predicted octanol–water partition coefficient (Wildman–Crippen LogP) is 2.89. The van der Waals surface area contributed by atoms with Crippen LogP contribution < -0.4 is 9.80 Å². The molecule has 20 heavy (non-hydrogen) atoms. The van der Waals surface area contributed by atoms with Crippen molar-refractivity contribution in [1.82, 2.24) is 15.0 Å². The first-order chi connectivity index (χ1) is 9.74. The van der Waals surface area contributed by atoms with Gasteiger partial charge in [0, 0.05) is 26.2 Å². The van der Waals surface area contributed by atoms with Gasteiger partial charge >= 0.3 is 0 Å². The maximum atomic E-state index is 6.10. The highest BCUT2D eigenvalue weighted by Gasteiger charge is 2.23. The van der Waals surface area contributed by atoms with E-state index >= 15 is 0 Å². The Hall–Kier alpha value is -1.10. The van der Waals surface area contributed by atoms with Gasteiger partial charge in [0.15, 0.2) is 0 Å². The summed E-state index contributed by atoms with van der Waals surface area (Å²) in [5.41, 5.74) is 0. The Morgan fingerprint density at radius 1 is 1.00 bits per heavy atom. The highest BCUT2D eigenvalue weighted by molar-refractivity contribution is 6.28. The van der Waals surface area contributed by atoms with Gasteiger partial charge in [-0.15, -0.1) is 0 Å². The average molecular weight is 296 g/mol. The molecule has 0 atom stereocenters. The number of rotatable bonds is 3. The molecule has 3 rings (SSSR count). The van der Waals surface area contributed by atoms with Gasteiger partial charge in [-0.2, -0.15) is 15.0 Å². The van der Waals surface area contributed by atoms with Crippen molar-refractivity contribution in [3.63, 3.8) is 0 Å². The van der Waals surface area contributed by atoms with E-state index in [1.54, 1.807) is 0 Å². The average Bonchev–Trinajstić information content (AvgIpc) is 3.01. The summed E-state index contributed by atoms with van der Waals surface area (Å²) in [5.74, 6) is 1.46. The number of aromatic nitrogens is 3. The summed E-state index contributed by atoms with van der Waals surface area (Å²) < 4.78 is 0. The van der Waals surface area contributed by atoms with Crippen molar-refractivity contribution in [2.75, 3.05) is 29.9 Å². The van der Waals surface area contributed by atoms with Gasteiger partial charge in [-0.1, -0.05) is 12.8 Å². The molecule has 0 amide bonds. The molecule has 0 aromatic carbocycles. The smallest absolute Gasteiger partial charge is 0.231 e. The molecule has 2 fully saturated rings. The van der Waals surface area contributed by atoms with Gasteiger partial charge in [0.1, 0.15) is 0 Å². The van der Waals surface area contributed by atoms with E-state index in [9.17, 15) is 0 Å². The van der Waals surface area contributed by atoms with Gasteiger partial charge in [0.25, 0.3) is 0 Å². The Labute approximate surface area is 125 Å². The first-order valence-corrected chi connectivity index (χ1v) is 8.01. The summed E-state index contributed by atoms with van der Waals surface area (Å²) in [6, 6.07) is 0.544. The molecule has 0 N–H and O–H groups in total. The van der Waals surface area contributed by atoms with Crippen molar-refractivity contribution in [3.05, 3.63) is 5.28 Å². The van der Waals surface area contributed by atoms with E-state index in [2.05, 4.69) is 31.8 Å². The van der Waals surface area contributed by atoms with Gasteiger partial charge < -0.3 is 9.80 Å². The second kappa shape index (κ2) is 6.12. The van der Waals surface area contributed by atoms with Crippen LogP contribution in [0.3, 0.4) is 0 Å². The molecular weight excluding hydrogens is 274 g/mol. The van der Waals surface area contributed by atoms with Gasteiger partial charge in [-0.05, 0) is 43.7 Å². The second-order valence-corrected chi connectivity index (χ2v) is 6.14. The van der Waals surface area contributed by atoms with Crippen LogP contribution in [0.15, 0.2) is 0 Å². The monoisotopic (exact) mass is 295 g/mol. The second-order valence-electron chi connectivity index (χ2n) is 5.80. The van der Waals surface area contributed by atoms with E-state index in [1.165, 1.54) is 44.9 Å². The molecule has 2 aliphatic rings. The topological polar surface area (TPSA) is 45.2 Å². The van der Waals surface area contributed by atoms with E-state index in [1.807, 2.05) is 0 Å². The predicted molar refractivity (Wildman–Crippen MR) is 81.6 cm³/mol. The van der Waals surface area contributed by atoms with Crippen LogP contribution >= 0.6 is 11.6 Å². The Kier molecular flexibility index (Phi) is 4.24. The van der Waals surface area contributed by atoms with E-state index in [0.29, 0.717) is 11.3 Å². The normalized spacial score (nSPS) is 20.4. The fourth-order valence-corrected chi connectivity index (χ4v) is 3.33. The van der Waals surface area contributed by atoms with Crippen LogP contribution in [-0.4, -0.2) is 41.1 Å². The molecule has 5 nitrogen and oxygen atoms in total. The van der Waals surface area contributed by atoms with Crippen LogP contribution in [0.1, 0.15) is 44.9 Å². The Balaban J connectivity index is 1.81. The van der Waals surface area contributed by atoms with Crippen molar-refractivity contribution < 1.29 is 0 Å². The zero-order chi connectivity index (χ0) is 13.9. The van der Waals surface area contributed by atoms with Crippen LogP contribution in [-0.2, 0) is 0 Å². The minimum atomic E-state index is 0.306. The van der Waals surface area contributed by atoms with Crippen LogP contribution in [0, 0.1) is 0 Å². The third-order valence-corrected chi connectivity index (χ3v) is 4.58. The number of halogens is 1. The first-order valence-electron chi connectivity index (χ1n) is 7.63. The van der Waals surface area contributed by atoms with Crippen LogP contribution in [0.4, 0.5) is 11.9 Å². The minimum Gasteiger partial charge on any atom is -0.341 e. The van der Waals surface area contributed by atoms with Gasteiger partial charge in [-0.25, -0.2) is 0 Å². The Bertz CT molecular complexity index is 455. The van der Waals surface area contributed by atoms with Crippen LogP contribution in [0.5, 0.6) is 0 Å². The molecule has 1 saturated carbocycles. The lowest BCUT2D eigenvalue weighted by Crippen LogP contribution is -2.34. The number of piperidine rings is 1. The fraction of sp³-hybridized carbons (Fsp3) is 0.786. The van der Waals surface area contributed by atoms with Crippen molar-refractivity contribution in [2.45, 2.75) is 51.0 Å². The lowest BCUT2D eigenvalue weighted by Gasteiger charge is -2.29. The van der Waals surface area contributed by atoms with Crippen LogP contribution in [0.25, 0.3) is 0 Å². The van der Waals surface area contributed by atoms with E-state index in [4.69, 9.17) is 11.6 Å². The van der Waals surface area contributed by atoms with Gasteiger partial charge in [0.05, 0.1) is 0 Å². The fourth-order valence-electron chi connectivity index (χ4n) is 3.18.